The van der Waals surface area contributed by atoms with Crippen LogP contribution < -0.4 is 26.0 Å². The summed E-state index contributed by atoms with van der Waals surface area (Å²) >= 11 is 3.26. The number of nitrogens with zero attached hydrogens (tertiary/aromatic N) is 8. The van der Waals surface area contributed by atoms with Crippen molar-refractivity contribution in [2.75, 3.05) is 54.9 Å². The zero-order valence-corrected chi connectivity index (χ0v) is 23.9. The van der Waals surface area contributed by atoms with Gasteiger partial charge in [0, 0.05) is 42.2 Å². The molecule has 5 aliphatic rings. The van der Waals surface area contributed by atoms with Gasteiger partial charge in [-0.3, -0.25) is 9.69 Å². The first-order valence-electron chi connectivity index (χ1n) is 13.7. The number of aromatic nitrogens is 3. The summed E-state index contributed by atoms with van der Waals surface area (Å²) in [6.45, 7) is 2.36. The summed E-state index contributed by atoms with van der Waals surface area (Å²) in [5.74, 6) is 0.692. The predicted molar refractivity (Wildman–Crippen MR) is 151 cm³/mol. The molecule has 15 heteroatoms. The van der Waals surface area contributed by atoms with Crippen molar-refractivity contribution in [2.24, 2.45) is 5.73 Å². The molecule has 0 bridgehead atoms. The second kappa shape index (κ2) is 9.31. The van der Waals surface area contributed by atoms with Gasteiger partial charge >= 0.3 is 6.01 Å². The number of thiophene rings is 1. The maximum Gasteiger partial charge on any atom is 0.323 e. The van der Waals surface area contributed by atoms with Gasteiger partial charge in [0.15, 0.2) is 0 Å². The Hall–Kier alpha value is -3.40. The average molecular weight is 597 g/mol. The number of primary amides is 1. The molecule has 6 heterocycles. The molecule has 7 rings (SSSR count). The van der Waals surface area contributed by atoms with Gasteiger partial charge in [-0.25, -0.2) is 4.39 Å². The van der Waals surface area contributed by atoms with Gasteiger partial charge in [0.25, 0.3) is 0 Å². The number of hydrogen-bond acceptors (Lipinski definition) is 13. The lowest BCUT2D eigenvalue weighted by Crippen LogP contribution is -2.57. The molecule has 41 heavy (non-hydrogen) atoms. The SMILES string of the molecule is N#Cc1c(N)sc2c1C1(CN(c3nc(OC[C@@]45CCCN4C[C@H](F)C5)nc(N(CC(N)=O)C4(C#N)CC4)n3)C1)SC2. The smallest absolute Gasteiger partial charge is 0.323 e. The van der Waals surface area contributed by atoms with Crippen LogP contribution in [-0.2, 0) is 15.3 Å². The normalized spacial score (nSPS) is 26.6. The fourth-order valence-electron chi connectivity index (χ4n) is 6.87. The highest BCUT2D eigenvalue weighted by molar-refractivity contribution is 8.00. The summed E-state index contributed by atoms with van der Waals surface area (Å²) in [7, 11) is 0. The maximum atomic E-state index is 14.4. The molecule has 2 atom stereocenters. The molecule has 0 aromatic carbocycles. The highest BCUT2D eigenvalue weighted by Crippen LogP contribution is 2.58. The van der Waals surface area contributed by atoms with E-state index in [1.54, 1.807) is 16.7 Å². The first kappa shape index (κ1) is 26.5. The number of ether oxygens (including phenoxy) is 1. The number of carbonyl (C=O) groups is 1. The first-order chi connectivity index (χ1) is 19.7. The quantitative estimate of drug-likeness (QED) is 0.452. The van der Waals surface area contributed by atoms with E-state index in [1.165, 1.54) is 11.3 Å². The Morgan fingerprint density at radius 2 is 2.05 bits per heavy atom. The Balaban J connectivity index is 1.21. The van der Waals surface area contributed by atoms with Crippen molar-refractivity contribution < 1.29 is 13.9 Å². The largest absolute Gasteiger partial charge is 0.461 e. The predicted octanol–water partition coefficient (Wildman–Crippen LogP) is 1.65. The van der Waals surface area contributed by atoms with Gasteiger partial charge in [0.05, 0.1) is 21.9 Å². The van der Waals surface area contributed by atoms with Crippen molar-refractivity contribution in [3.05, 3.63) is 16.0 Å². The van der Waals surface area contributed by atoms with E-state index in [9.17, 15) is 19.7 Å². The summed E-state index contributed by atoms with van der Waals surface area (Å²) in [5, 5.41) is 20.2. The minimum Gasteiger partial charge on any atom is -0.461 e. The lowest BCUT2D eigenvalue weighted by molar-refractivity contribution is -0.116. The Bertz CT molecular complexity index is 1510. The molecule has 0 unspecified atom stereocenters. The van der Waals surface area contributed by atoms with Crippen LogP contribution in [0.3, 0.4) is 0 Å². The number of alkyl halides is 1. The number of thioether (sulfide) groups is 1. The lowest BCUT2D eigenvalue weighted by atomic mass is 9.88. The van der Waals surface area contributed by atoms with Gasteiger partial charge < -0.3 is 26.0 Å². The lowest BCUT2D eigenvalue weighted by Gasteiger charge is -2.47. The fourth-order valence-corrected chi connectivity index (χ4v) is 9.68. The van der Waals surface area contributed by atoms with Crippen molar-refractivity contribution in [1.82, 2.24) is 19.9 Å². The number of nitrogens with two attached hydrogens (primary N) is 2. The molecule has 0 radical (unpaired) electrons. The second-order valence-corrected chi connectivity index (χ2v) is 14.2. The molecule has 1 saturated carbocycles. The van der Waals surface area contributed by atoms with E-state index in [2.05, 4.69) is 27.0 Å². The van der Waals surface area contributed by atoms with Crippen molar-refractivity contribution in [3.8, 4) is 18.1 Å². The zero-order valence-electron chi connectivity index (χ0n) is 22.3. The molecule has 4 N–H and O–H groups in total. The Morgan fingerprint density at radius 3 is 2.76 bits per heavy atom. The molecule has 2 aromatic heterocycles. The summed E-state index contributed by atoms with van der Waals surface area (Å²) in [6.07, 6.45) is 2.45. The van der Waals surface area contributed by atoms with Gasteiger partial charge in [0.1, 0.15) is 35.9 Å². The van der Waals surface area contributed by atoms with Crippen LogP contribution in [0.25, 0.3) is 0 Å². The summed E-state index contributed by atoms with van der Waals surface area (Å²) in [5.41, 5.74) is 12.0. The van der Waals surface area contributed by atoms with Crippen molar-refractivity contribution in [3.63, 3.8) is 0 Å². The van der Waals surface area contributed by atoms with Crippen molar-refractivity contribution in [2.45, 2.75) is 59.9 Å². The average Bonchev–Trinajstić information content (AvgIpc) is 3.13. The highest BCUT2D eigenvalue weighted by atomic mass is 32.2. The van der Waals surface area contributed by atoms with Gasteiger partial charge in [-0.05, 0) is 32.2 Å². The first-order valence-corrected chi connectivity index (χ1v) is 15.5. The summed E-state index contributed by atoms with van der Waals surface area (Å²) < 4.78 is 20.3. The maximum absolute atomic E-state index is 14.4. The van der Waals surface area contributed by atoms with Crippen LogP contribution in [0.5, 0.6) is 6.01 Å². The van der Waals surface area contributed by atoms with Crippen LogP contribution in [-0.4, -0.2) is 82.3 Å². The van der Waals surface area contributed by atoms with E-state index >= 15 is 0 Å². The zero-order chi connectivity index (χ0) is 28.6. The molecular weight excluding hydrogens is 567 g/mol. The number of nitrogen functional groups attached to an aromatic ring is 1. The molecule has 12 nitrogen and oxygen atoms in total. The summed E-state index contributed by atoms with van der Waals surface area (Å²) in [4.78, 5) is 32.7. The third-order valence-corrected chi connectivity index (χ3v) is 11.7. The Kier molecular flexibility index (Phi) is 6.01. The number of carbonyl (C=O) groups excluding carboxylic acids is 1. The Morgan fingerprint density at radius 1 is 1.24 bits per heavy atom. The van der Waals surface area contributed by atoms with Crippen LogP contribution in [0.15, 0.2) is 0 Å². The molecule has 1 aliphatic carbocycles. The number of fused-ring (bicyclic) bond motifs is 3. The molecule has 1 amide bonds. The number of amides is 1. The minimum absolute atomic E-state index is 0.0648. The van der Waals surface area contributed by atoms with E-state index in [1.807, 2.05) is 4.90 Å². The third-order valence-electron chi connectivity index (χ3n) is 9.06. The van der Waals surface area contributed by atoms with Crippen LogP contribution >= 0.6 is 23.1 Å². The number of nitriles is 2. The number of halogens is 1. The summed E-state index contributed by atoms with van der Waals surface area (Å²) in [6, 6.07) is 4.64. The van der Waals surface area contributed by atoms with Gasteiger partial charge in [-0.1, -0.05) is 0 Å². The molecule has 2 aromatic rings. The van der Waals surface area contributed by atoms with Crippen LogP contribution in [0.4, 0.5) is 21.3 Å². The number of hydrogen-bond donors (Lipinski definition) is 2. The fraction of sp³-hybridized carbons (Fsp3) is 0.615. The molecule has 3 saturated heterocycles. The van der Waals surface area contributed by atoms with E-state index in [0.717, 1.165) is 35.6 Å². The van der Waals surface area contributed by atoms with E-state index in [0.29, 0.717) is 55.4 Å². The molecule has 4 aliphatic heterocycles. The topological polar surface area (TPSA) is 174 Å². The van der Waals surface area contributed by atoms with E-state index < -0.39 is 23.2 Å². The second-order valence-electron chi connectivity index (χ2n) is 11.7. The van der Waals surface area contributed by atoms with Gasteiger partial charge in [0.2, 0.25) is 17.8 Å². The third kappa shape index (κ3) is 4.16. The molecule has 4 fully saturated rings. The van der Waals surface area contributed by atoms with Gasteiger partial charge in [-0.2, -0.15) is 25.5 Å². The van der Waals surface area contributed by atoms with Gasteiger partial charge in [-0.15, -0.1) is 23.1 Å². The van der Waals surface area contributed by atoms with Crippen molar-refractivity contribution >= 4 is 45.9 Å². The monoisotopic (exact) mass is 596 g/mol. The minimum atomic E-state index is -0.916. The molecule has 1 spiro atoms. The van der Waals surface area contributed by atoms with E-state index in [-0.39, 0.29) is 29.9 Å². The molecule has 214 valence electrons. The van der Waals surface area contributed by atoms with Crippen LogP contribution in [0.1, 0.15) is 48.1 Å². The highest BCUT2D eigenvalue weighted by Gasteiger charge is 2.54. The number of rotatable bonds is 8. The van der Waals surface area contributed by atoms with Crippen LogP contribution in [0.2, 0.25) is 0 Å². The Labute approximate surface area is 244 Å². The standard InChI is InChI=1S/C26H29FN10O2S2/c27-15-6-25(2-1-5-36(25)8-15)14-39-23-33-21(32-22(34-23)37(9-18(30)38)24(11-29)3-4-24)35-12-26(13-35)19-16(7-28)20(31)41-17(19)10-40-26/h15H,1-6,8-10,12-14,31H2,(H2,30,38)/t15-,25+/m1/s1. The van der Waals surface area contributed by atoms with Crippen LogP contribution in [0, 0.1) is 22.7 Å². The molecular formula is C26H29FN10O2S2. The van der Waals surface area contributed by atoms with E-state index in [4.69, 9.17) is 21.2 Å². The van der Waals surface area contributed by atoms with Crippen molar-refractivity contribution in [1.29, 1.82) is 10.5 Å². The number of anilines is 3.